The number of nitrogens with two attached hydrogens (primary N) is 2. The van der Waals surface area contributed by atoms with Crippen LogP contribution in [0.5, 0.6) is 0 Å². The summed E-state index contributed by atoms with van der Waals surface area (Å²) in [6.07, 6.45) is 3.56. The van der Waals surface area contributed by atoms with E-state index in [4.69, 9.17) is 30.4 Å². The molecule has 0 amide bonds. The molecule has 0 bridgehead atoms. The number of pyridine rings is 2. The number of ether oxygens (including phenoxy) is 4. The van der Waals surface area contributed by atoms with Gasteiger partial charge in [0.15, 0.2) is 0 Å². The van der Waals surface area contributed by atoms with Gasteiger partial charge in [0.1, 0.15) is 0 Å². The number of anilines is 4. The molecule has 0 aliphatic rings. The Morgan fingerprint density at radius 2 is 0.903 bits per heavy atom. The van der Waals surface area contributed by atoms with E-state index in [-0.39, 0.29) is 104 Å². The SMILES string of the molecule is Cc1c(NCCOCCOCCOCCOCCNc2c(C)c(C(=O)c3ccc(N)c(C(=O)[O-])c3)n3ccccc23)c2ccccn2c1C(=O)c1ccc(N)c(C(=O)[O-])c1.[Na+].[Na+]. The fourth-order valence-electron chi connectivity index (χ4n) is 6.95. The Balaban J connectivity index is 0.00000422. The first-order chi connectivity index (χ1) is 29.0. The first-order valence-electron chi connectivity index (χ1n) is 19.3. The topological polar surface area (TPSA) is 236 Å². The zero-order valence-electron chi connectivity index (χ0n) is 35.3. The second kappa shape index (κ2) is 23.6. The van der Waals surface area contributed by atoms with E-state index in [1.165, 1.54) is 36.4 Å². The maximum Gasteiger partial charge on any atom is 1.00 e. The number of hydrogen-bond donors (Lipinski definition) is 4. The third-order valence-electron chi connectivity index (χ3n) is 9.89. The molecule has 0 saturated carbocycles. The predicted molar refractivity (Wildman–Crippen MR) is 222 cm³/mol. The minimum Gasteiger partial charge on any atom is -0.545 e. The number of aromatic nitrogens is 2. The molecule has 0 aliphatic carbocycles. The van der Waals surface area contributed by atoms with Crippen LogP contribution in [0.3, 0.4) is 0 Å². The van der Waals surface area contributed by atoms with Gasteiger partial charge >= 0.3 is 59.1 Å². The summed E-state index contributed by atoms with van der Waals surface area (Å²) in [6, 6.07) is 19.4. The van der Waals surface area contributed by atoms with Gasteiger partial charge in [0.05, 0.1) is 98.6 Å². The molecular weight excluding hydrogens is 818 g/mol. The van der Waals surface area contributed by atoms with Gasteiger partial charge in [-0.25, -0.2) is 0 Å². The van der Waals surface area contributed by atoms with Gasteiger partial charge in [-0.05, 0) is 74.5 Å². The summed E-state index contributed by atoms with van der Waals surface area (Å²) in [5.41, 5.74) is 16.8. The molecule has 0 fully saturated rings. The van der Waals surface area contributed by atoms with Gasteiger partial charge < -0.3 is 69.7 Å². The van der Waals surface area contributed by atoms with Crippen molar-refractivity contribution in [2.24, 2.45) is 0 Å². The third-order valence-corrected chi connectivity index (χ3v) is 9.89. The van der Waals surface area contributed by atoms with Crippen LogP contribution in [0.25, 0.3) is 11.0 Å². The van der Waals surface area contributed by atoms with Crippen molar-refractivity contribution in [2.75, 3.05) is 88.0 Å². The van der Waals surface area contributed by atoms with Gasteiger partial charge in [0.2, 0.25) is 11.6 Å². The molecule has 314 valence electrons. The van der Waals surface area contributed by atoms with Gasteiger partial charge in [-0.15, -0.1) is 0 Å². The van der Waals surface area contributed by atoms with Crippen molar-refractivity contribution in [3.63, 3.8) is 0 Å². The van der Waals surface area contributed by atoms with Crippen molar-refractivity contribution >= 4 is 57.3 Å². The van der Waals surface area contributed by atoms with Crippen molar-refractivity contribution in [1.29, 1.82) is 0 Å². The first-order valence-corrected chi connectivity index (χ1v) is 19.3. The second-order valence-corrected chi connectivity index (χ2v) is 13.7. The number of carboxylic acids is 2. The Morgan fingerprint density at radius 3 is 1.26 bits per heavy atom. The fourth-order valence-corrected chi connectivity index (χ4v) is 6.95. The van der Waals surface area contributed by atoms with Gasteiger partial charge in [-0.1, -0.05) is 12.1 Å². The molecule has 0 unspecified atom stereocenters. The molecule has 0 radical (unpaired) electrons. The largest absolute Gasteiger partial charge is 1.00 e. The van der Waals surface area contributed by atoms with Gasteiger partial charge in [-0.3, -0.25) is 9.59 Å². The van der Waals surface area contributed by atoms with E-state index in [1.54, 1.807) is 21.2 Å². The van der Waals surface area contributed by atoms with Gasteiger partial charge in [-0.2, -0.15) is 0 Å². The number of carbonyl (C=O) groups excluding carboxylic acids is 4. The summed E-state index contributed by atoms with van der Waals surface area (Å²) in [4.78, 5) is 50.1. The van der Waals surface area contributed by atoms with Crippen LogP contribution in [0.15, 0.2) is 85.2 Å². The number of nitrogens with one attached hydrogen (secondary N) is 2. The van der Waals surface area contributed by atoms with Crippen LogP contribution in [-0.4, -0.2) is 98.3 Å². The Labute approximate surface area is 402 Å². The summed E-state index contributed by atoms with van der Waals surface area (Å²) in [5.74, 6) is -3.59. The zero-order valence-corrected chi connectivity index (χ0v) is 39.3. The van der Waals surface area contributed by atoms with E-state index in [0.717, 1.165) is 22.4 Å². The Hall–Kier alpha value is -4.72. The molecule has 0 spiro atoms. The Kier molecular flexibility index (Phi) is 19.0. The smallest absolute Gasteiger partial charge is 0.545 e. The number of carboxylic acid groups (broad SMARTS) is 2. The van der Waals surface area contributed by atoms with Crippen LogP contribution < -0.4 is 91.4 Å². The molecule has 18 heteroatoms. The summed E-state index contributed by atoms with van der Waals surface area (Å²) in [6.45, 7) is 7.71. The first kappa shape index (κ1) is 49.9. The van der Waals surface area contributed by atoms with Crippen molar-refractivity contribution in [3.8, 4) is 0 Å². The average molecular weight is 865 g/mol. The fraction of sp³-hybridized carbons (Fsp3) is 0.273. The number of ketones is 2. The van der Waals surface area contributed by atoms with Crippen LogP contribution in [-0.2, 0) is 18.9 Å². The zero-order chi connectivity index (χ0) is 42.8. The van der Waals surface area contributed by atoms with Gasteiger partial charge in [0.25, 0.3) is 0 Å². The number of carbonyl (C=O) groups is 4. The Morgan fingerprint density at radius 1 is 0.548 bits per heavy atom. The van der Waals surface area contributed by atoms with Crippen LogP contribution in [0.4, 0.5) is 22.7 Å². The number of aromatic carboxylic acids is 2. The van der Waals surface area contributed by atoms with E-state index in [0.29, 0.717) is 88.5 Å². The molecule has 62 heavy (non-hydrogen) atoms. The normalized spacial score (nSPS) is 10.9. The van der Waals surface area contributed by atoms with Crippen LogP contribution in [0.1, 0.15) is 63.9 Å². The third kappa shape index (κ3) is 11.6. The molecule has 16 nitrogen and oxygen atoms in total. The minimum absolute atomic E-state index is 0. The number of rotatable bonds is 23. The van der Waals surface area contributed by atoms with E-state index in [1.807, 2.05) is 50.2 Å². The number of nitrogen functional groups attached to an aromatic ring is 2. The molecule has 2 aromatic carbocycles. The van der Waals surface area contributed by atoms with E-state index >= 15 is 0 Å². The molecule has 6 N–H and O–H groups in total. The molecule has 4 aromatic heterocycles. The molecule has 6 aromatic rings. The van der Waals surface area contributed by atoms with Gasteiger partial charge in [0, 0.05) is 70.2 Å². The molecule has 0 atom stereocenters. The number of nitrogens with zero attached hydrogens (tertiary/aromatic N) is 2. The van der Waals surface area contributed by atoms with E-state index in [9.17, 15) is 29.4 Å². The quantitative estimate of drug-likeness (QED) is 0.0215. The molecular formula is C44H46N6Na2O10. The van der Waals surface area contributed by atoms with Crippen molar-refractivity contribution < 1.29 is 107 Å². The number of benzene rings is 2. The van der Waals surface area contributed by atoms with E-state index in [2.05, 4.69) is 10.6 Å². The number of hydrogen-bond acceptors (Lipinski definition) is 14. The molecule has 4 heterocycles. The summed E-state index contributed by atoms with van der Waals surface area (Å²) < 4.78 is 26.2. The van der Waals surface area contributed by atoms with Crippen molar-refractivity contribution in [1.82, 2.24) is 8.80 Å². The molecule has 0 saturated heterocycles. The molecule has 6 rings (SSSR count). The summed E-state index contributed by atoms with van der Waals surface area (Å²) in [5, 5.41) is 29.7. The molecule has 0 aliphatic heterocycles. The van der Waals surface area contributed by atoms with Crippen molar-refractivity contribution in [3.05, 3.63) is 130 Å². The second-order valence-electron chi connectivity index (χ2n) is 13.7. The van der Waals surface area contributed by atoms with Crippen molar-refractivity contribution in [2.45, 2.75) is 13.8 Å². The summed E-state index contributed by atoms with van der Waals surface area (Å²) in [7, 11) is 0. The predicted octanol–water partition coefficient (Wildman–Crippen LogP) is -3.24. The average Bonchev–Trinajstić information content (AvgIpc) is 3.68. The number of fused-ring (bicyclic) bond motifs is 2. The minimum atomic E-state index is -1.45. The Bertz CT molecular complexity index is 2370. The monoisotopic (exact) mass is 864 g/mol. The van der Waals surface area contributed by atoms with E-state index < -0.39 is 11.9 Å². The van der Waals surface area contributed by atoms with Crippen LogP contribution >= 0.6 is 0 Å². The maximum atomic E-state index is 13.6. The van der Waals surface area contributed by atoms with Crippen LogP contribution in [0.2, 0.25) is 0 Å². The maximum absolute atomic E-state index is 13.6. The summed E-state index contributed by atoms with van der Waals surface area (Å²) >= 11 is 0. The van der Waals surface area contributed by atoms with Crippen LogP contribution in [0, 0.1) is 13.8 Å². The standard InChI is InChI=1S/C44H48N6O10.2Na/c1-27-37(35-7-3-5-15-49(35)39(27)41(51)29-9-11-33(45)31(25-29)43(53)54)47-13-17-57-19-21-59-23-24-60-22-20-58-18-14-48-38-28(2)40(50-16-6-4-8-36(38)50)42(52)30-10-12-34(46)32(26-30)44(55)56;;/h3-12,15-16,25-26,47-48H,13-14,17-24,45-46H2,1-2H3,(H,53,54)(H,55,56);;/q;2*+1/p-2.